The first kappa shape index (κ1) is 15.3. The first-order valence-corrected chi connectivity index (χ1v) is 6.90. The van der Waals surface area contributed by atoms with Gasteiger partial charge in [0.25, 0.3) is 0 Å². The van der Waals surface area contributed by atoms with Crippen LogP contribution in [0, 0.1) is 0 Å². The van der Waals surface area contributed by atoms with Crippen LogP contribution < -0.4 is 0 Å². The van der Waals surface area contributed by atoms with Crippen LogP contribution >= 0.6 is 0 Å². The zero-order valence-electron chi connectivity index (χ0n) is 11.2. The van der Waals surface area contributed by atoms with Crippen molar-refractivity contribution in [2.75, 3.05) is 0 Å². The number of ketones is 1. The Morgan fingerprint density at radius 2 is 1.94 bits per heavy atom. The maximum Gasteiger partial charge on any atom is 0.154 e. The van der Waals surface area contributed by atoms with E-state index in [0.29, 0.717) is 25.5 Å². The van der Waals surface area contributed by atoms with Gasteiger partial charge in [-0.25, -0.2) is 0 Å². The molecule has 0 bridgehead atoms. The van der Waals surface area contributed by atoms with E-state index in [4.69, 9.17) is 0 Å². The molecule has 0 radical (unpaired) electrons. The molecule has 0 spiro atoms. The SMILES string of the molecule is CCCCCC(=O)CC[C@]1(O)CCC[C@]1(O)C=O. The van der Waals surface area contributed by atoms with Crippen LogP contribution in [0.15, 0.2) is 0 Å². The van der Waals surface area contributed by atoms with E-state index in [1.54, 1.807) is 0 Å². The normalized spacial score (nSPS) is 31.5. The minimum absolute atomic E-state index is 0.108. The highest BCUT2D eigenvalue weighted by Gasteiger charge is 2.52. The molecule has 0 heterocycles. The summed E-state index contributed by atoms with van der Waals surface area (Å²) in [5.74, 6) is 0.108. The molecule has 0 amide bonds. The van der Waals surface area contributed by atoms with E-state index in [1.165, 1.54) is 0 Å². The minimum Gasteiger partial charge on any atom is -0.386 e. The topological polar surface area (TPSA) is 74.6 Å². The third-order valence-electron chi connectivity index (χ3n) is 4.03. The summed E-state index contributed by atoms with van der Waals surface area (Å²) < 4.78 is 0. The van der Waals surface area contributed by atoms with Gasteiger partial charge >= 0.3 is 0 Å². The van der Waals surface area contributed by atoms with Crippen LogP contribution in [0.2, 0.25) is 0 Å². The monoisotopic (exact) mass is 256 g/mol. The molecule has 0 aromatic carbocycles. The predicted molar refractivity (Wildman–Crippen MR) is 68.2 cm³/mol. The molecule has 1 aliphatic carbocycles. The molecule has 0 aliphatic heterocycles. The molecule has 1 fully saturated rings. The van der Waals surface area contributed by atoms with Gasteiger partial charge in [0.15, 0.2) is 6.29 Å². The van der Waals surface area contributed by atoms with Crippen molar-refractivity contribution in [1.29, 1.82) is 0 Å². The van der Waals surface area contributed by atoms with Crippen molar-refractivity contribution in [2.45, 2.75) is 75.9 Å². The van der Waals surface area contributed by atoms with Crippen LogP contribution in [-0.4, -0.2) is 33.5 Å². The lowest BCUT2D eigenvalue weighted by atomic mass is 9.82. The van der Waals surface area contributed by atoms with Gasteiger partial charge in [0, 0.05) is 12.8 Å². The first-order chi connectivity index (χ1) is 8.47. The van der Waals surface area contributed by atoms with Gasteiger partial charge in [-0.1, -0.05) is 19.8 Å². The summed E-state index contributed by atoms with van der Waals surface area (Å²) in [5, 5.41) is 20.3. The van der Waals surface area contributed by atoms with Crippen molar-refractivity contribution in [3.8, 4) is 0 Å². The van der Waals surface area contributed by atoms with Crippen LogP contribution in [-0.2, 0) is 9.59 Å². The van der Waals surface area contributed by atoms with Crippen LogP contribution in [0.4, 0.5) is 0 Å². The second-order valence-electron chi connectivity index (χ2n) is 5.42. The van der Waals surface area contributed by atoms with Gasteiger partial charge in [-0.2, -0.15) is 0 Å². The van der Waals surface area contributed by atoms with Gasteiger partial charge in [0.2, 0.25) is 0 Å². The molecular formula is C14H24O4. The van der Waals surface area contributed by atoms with Crippen molar-refractivity contribution in [3.63, 3.8) is 0 Å². The maximum atomic E-state index is 11.6. The molecule has 104 valence electrons. The lowest BCUT2D eigenvalue weighted by Gasteiger charge is -2.33. The molecule has 0 aromatic heterocycles. The van der Waals surface area contributed by atoms with E-state index in [-0.39, 0.29) is 25.0 Å². The molecule has 4 heteroatoms. The van der Waals surface area contributed by atoms with E-state index < -0.39 is 11.2 Å². The van der Waals surface area contributed by atoms with Gasteiger partial charge in [0.05, 0.1) is 0 Å². The molecule has 1 aliphatic rings. The van der Waals surface area contributed by atoms with Crippen molar-refractivity contribution < 1.29 is 19.8 Å². The van der Waals surface area contributed by atoms with E-state index in [0.717, 1.165) is 19.3 Å². The summed E-state index contributed by atoms with van der Waals surface area (Å²) in [5.41, 5.74) is -3.06. The Balaban J connectivity index is 2.42. The molecule has 4 nitrogen and oxygen atoms in total. The Labute approximate surface area is 108 Å². The van der Waals surface area contributed by atoms with Crippen molar-refractivity contribution in [1.82, 2.24) is 0 Å². The summed E-state index contributed by atoms with van der Waals surface area (Å²) >= 11 is 0. The fraction of sp³-hybridized carbons (Fsp3) is 0.857. The number of rotatable bonds is 8. The molecular weight excluding hydrogens is 232 g/mol. The smallest absolute Gasteiger partial charge is 0.154 e. The Morgan fingerprint density at radius 1 is 1.22 bits per heavy atom. The summed E-state index contributed by atoms with van der Waals surface area (Å²) in [6.07, 6.45) is 5.69. The minimum atomic E-state index is -1.66. The number of aliphatic hydroxyl groups is 2. The zero-order chi connectivity index (χ0) is 13.6. The number of carbonyl (C=O) groups is 2. The highest BCUT2D eigenvalue weighted by molar-refractivity contribution is 5.78. The van der Waals surface area contributed by atoms with E-state index in [1.807, 2.05) is 0 Å². The number of carbonyl (C=O) groups excluding carboxylic acids is 2. The number of Topliss-reactive ketones (excluding diaryl/α,β-unsaturated/α-hetero) is 1. The number of unbranched alkanes of at least 4 members (excludes halogenated alkanes) is 2. The number of hydrogen-bond acceptors (Lipinski definition) is 4. The lowest BCUT2D eigenvalue weighted by Crippen LogP contribution is -2.51. The van der Waals surface area contributed by atoms with Gasteiger partial charge in [-0.15, -0.1) is 0 Å². The third-order valence-corrected chi connectivity index (χ3v) is 4.03. The average molecular weight is 256 g/mol. The largest absolute Gasteiger partial charge is 0.386 e. The third kappa shape index (κ3) is 3.39. The average Bonchev–Trinajstić information content (AvgIpc) is 2.65. The lowest BCUT2D eigenvalue weighted by molar-refractivity contribution is -0.155. The van der Waals surface area contributed by atoms with E-state index >= 15 is 0 Å². The van der Waals surface area contributed by atoms with Crippen molar-refractivity contribution >= 4 is 12.1 Å². The predicted octanol–water partition coefficient (Wildman–Crippen LogP) is 1.76. The number of aldehydes is 1. The molecule has 18 heavy (non-hydrogen) atoms. The number of hydrogen-bond donors (Lipinski definition) is 2. The first-order valence-electron chi connectivity index (χ1n) is 6.90. The maximum absolute atomic E-state index is 11.6. The van der Waals surface area contributed by atoms with Gasteiger partial charge < -0.3 is 15.0 Å². The standard InChI is InChI=1S/C14H24O4/c1-2-3-4-6-12(16)7-10-13(17)8-5-9-14(13,18)11-15/h11,17-18H,2-10H2,1H3/t13-,14+/m1/s1. The second-order valence-corrected chi connectivity index (χ2v) is 5.42. The summed E-state index contributed by atoms with van der Waals surface area (Å²) in [4.78, 5) is 22.5. The van der Waals surface area contributed by atoms with Gasteiger partial charge in [0.1, 0.15) is 17.0 Å². The van der Waals surface area contributed by atoms with Crippen molar-refractivity contribution in [3.05, 3.63) is 0 Å². The van der Waals surface area contributed by atoms with E-state index in [9.17, 15) is 19.8 Å². The molecule has 2 N–H and O–H groups in total. The Kier molecular flexibility index (Phi) is 5.47. The molecule has 0 unspecified atom stereocenters. The molecule has 2 atom stereocenters. The van der Waals surface area contributed by atoms with Crippen LogP contribution in [0.5, 0.6) is 0 Å². The van der Waals surface area contributed by atoms with Crippen molar-refractivity contribution in [2.24, 2.45) is 0 Å². The van der Waals surface area contributed by atoms with Crippen LogP contribution in [0.3, 0.4) is 0 Å². The molecule has 0 saturated heterocycles. The van der Waals surface area contributed by atoms with E-state index in [2.05, 4.69) is 6.92 Å². The Bertz CT molecular complexity index is 302. The fourth-order valence-corrected chi connectivity index (χ4v) is 2.65. The summed E-state index contributed by atoms with van der Waals surface area (Å²) in [7, 11) is 0. The highest BCUT2D eigenvalue weighted by atomic mass is 16.4. The molecule has 1 rings (SSSR count). The highest BCUT2D eigenvalue weighted by Crippen LogP contribution is 2.41. The quantitative estimate of drug-likeness (QED) is 0.512. The molecule has 1 saturated carbocycles. The van der Waals surface area contributed by atoms with Gasteiger partial charge in [-0.3, -0.25) is 4.79 Å². The Hall–Kier alpha value is -0.740. The summed E-state index contributed by atoms with van der Waals surface area (Å²) in [6.45, 7) is 2.08. The summed E-state index contributed by atoms with van der Waals surface area (Å²) in [6, 6.07) is 0. The van der Waals surface area contributed by atoms with Gasteiger partial charge in [-0.05, 0) is 32.1 Å². The molecule has 0 aromatic rings. The fourth-order valence-electron chi connectivity index (χ4n) is 2.65. The zero-order valence-corrected chi connectivity index (χ0v) is 11.2. The Morgan fingerprint density at radius 3 is 2.56 bits per heavy atom. The van der Waals surface area contributed by atoms with Crippen LogP contribution in [0.1, 0.15) is 64.7 Å². The second kappa shape index (κ2) is 6.43. The van der Waals surface area contributed by atoms with Crippen LogP contribution in [0.25, 0.3) is 0 Å².